The number of nitrogens with one attached hydrogen (secondary N) is 2. The highest BCUT2D eigenvalue weighted by Crippen LogP contribution is 2.29. The van der Waals surface area contributed by atoms with Crippen LogP contribution in [0.4, 0.5) is 11.4 Å². The number of Topliss-reactive ketones (excluding diaryl/α,β-unsaturated/α-hetero) is 1. The van der Waals surface area contributed by atoms with Gasteiger partial charge in [0.15, 0.2) is 5.78 Å². The molecule has 1 unspecified atom stereocenters. The average Bonchev–Trinajstić information content (AvgIpc) is 3.44. The molecule has 30 heavy (non-hydrogen) atoms. The van der Waals surface area contributed by atoms with Gasteiger partial charge in [-0.3, -0.25) is 9.59 Å². The second-order valence-electron chi connectivity index (χ2n) is 7.52. The van der Waals surface area contributed by atoms with Crippen molar-refractivity contribution in [1.82, 2.24) is 5.32 Å². The summed E-state index contributed by atoms with van der Waals surface area (Å²) in [5.41, 5.74) is 3.65. The third kappa shape index (κ3) is 4.45. The van der Waals surface area contributed by atoms with Gasteiger partial charge in [0.05, 0.1) is 4.88 Å². The molecule has 2 aromatic carbocycles. The van der Waals surface area contributed by atoms with E-state index in [2.05, 4.69) is 27.7 Å². The predicted molar refractivity (Wildman–Crippen MR) is 124 cm³/mol. The smallest absolute Gasteiger partial charge is 0.265 e. The van der Waals surface area contributed by atoms with Crippen LogP contribution in [0.2, 0.25) is 0 Å². The maximum Gasteiger partial charge on any atom is 0.265 e. The van der Waals surface area contributed by atoms with E-state index in [9.17, 15) is 9.59 Å². The Hall–Kier alpha value is -2.96. The summed E-state index contributed by atoms with van der Waals surface area (Å²) in [7, 11) is 2.00. The van der Waals surface area contributed by atoms with Crippen LogP contribution in [0.5, 0.6) is 0 Å². The third-order valence-corrected chi connectivity index (χ3v) is 6.63. The van der Waals surface area contributed by atoms with Crippen LogP contribution in [0, 0.1) is 0 Å². The van der Waals surface area contributed by atoms with Gasteiger partial charge in [-0.25, -0.2) is 0 Å². The van der Waals surface area contributed by atoms with E-state index in [-0.39, 0.29) is 11.7 Å². The van der Waals surface area contributed by atoms with Crippen molar-refractivity contribution >= 4 is 34.4 Å². The minimum atomic E-state index is -0.115. The first-order chi connectivity index (χ1) is 14.5. The molecule has 0 bridgehead atoms. The zero-order valence-corrected chi connectivity index (χ0v) is 18.0. The monoisotopic (exact) mass is 419 g/mol. The van der Waals surface area contributed by atoms with Gasteiger partial charge in [0.25, 0.3) is 5.91 Å². The Kier molecular flexibility index (Phi) is 5.97. The maximum absolute atomic E-state index is 12.7. The molecule has 1 aliphatic rings. The van der Waals surface area contributed by atoms with E-state index in [0.29, 0.717) is 16.5 Å². The summed E-state index contributed by atoms with van der Waals surface area (Å²) in [5.74, 6) is -0.0684. The Morgan fingerprint density at radius 3 is 2.37 bits per heavy atom. The molecule has 1 fully saturated rings. The molecular formula is C24H25N3O2S. The van der Waals surface area contributed by atoms with Gasteiger partial charge in [0.2, 0.25) is 0 Å². The molecule has 1 amide bonds. The standard InChI is InChI=1S/C24H25N3O2S/c1-16(28)17-3-5-18(6-4-17)22-11-12-23(30-22)24(29)26-19-7-9-21(10-8-19)27-14-13-20(15-27)25-2/h3-12,20,25H,13-15H2,1-2H3,(H,26,29). The molecule has 2 heterocycles. The number of likely N-dealkylation sites (N-methyl/N-ethyl adjacent to an activating group) is 1. The first-order valence-electron chi connectivity index (χ1n) is 10.1. The minimum absolute atomic E-state index is 0.0467. The summed E-state index contributed by atoms with van der Waals surface area (Å²) >= 11 is 1.44. The molecule has 5 nitrogen and oxygen atoms in total. The van der Waals surface area contributed by atoms with Crippen molar-refractivity contribution in [3.05, 3.63) is 71.1 Å². The molecule has 1 aromatic heterocycles. The van der Waals surface area contributed by atoms with Crippen LogP contribution in [0.1, 0.15) is 33.4 Å². The molecule has 0 saturated carbocycles. The summed E-state index contributed by atoms with van der Waals surface area (Å²) in [6, 6.07) is 19.8. The Morgan fingerprint density at radius 2 is 1.73 bits per heavy atom. The second kappa shape index (κ2) is 8.81. The first-order valence-corrected chi connectivity index (χ1v) is 10.9. The highest BCUT2D eigenvalue weighted by Gasteiger charge is 2.21. The van der Waals surface area contributed by atoms with Crippen LogP contribution in [0.3, 0.4) is 0 Å². The number of ketones is 1. The van der Waals surface area contributed by atoms with E-state index in [0.717, 1.165) is 35.6 Å². The van der Waals surface area contributed by atoms with E-state index in [1.807, 2.05) is 55.6 Å². The quantitative estimate of drug-likeness (QED) is 0.570. The number of thiophene rings is 1. The first kappa shape index (κ1) is 20.3. The largest absolute Gasteiger partial charge is 0.370 e. The number of carbonyl (C=O) groups is 2. The van der Waals surface area contributed by atoms with Gasteiger partial charge in [-0.2, -0.15) is 0 Å². The van der Waals surface area contributed by atoms with E-state index in [4.69, 9.17) is 0 Å². The van der Waals surface area contributed by atoms with Gasteiger partial charge < -0.3 is 15.5 Å². The molecule has 4 rings (SSSR count). The van der Waals surface area contributed by atoms with Gasteiger partial charge in [-0.15, -0.1) is 11.3 Å². The SMILES string of the molecule is CNC1CCN(c2ccc(NC(=O)c3ccc(-c4ccc(C(C)=O)cc4)s3)cc2)C1. The Balaban J connectivity index is 1.40. The van der Waals surface area contributed by atoms with Crippen LogP contribution in [0.15, 0.2) is 60.7 Å². The normalized spacial score (nSPS) is 15.9. The summed E-state index contributed by atoms with van der Waals surface area (Å²) < 4.78 is 0. The van der Waals surface area contributed by atoms with Gasteiger partial charge in [-0.05, 0) is 62.4 Å². The Morgan fingerprint density at radius 1 is 1.00 bits per heavy atom. The van der Waals surface area contributed by atoms with Crippen LogP contribution in [-0.2, 0) is 0 Å². The van der Waals surface area contributed by atoms with Crippen LogP contribution in [0.25, 0.3) is 10.4 Å². The number of hydrogen-bond acceptors (Lipinski definition) is 5. The van der Waals surface area contributed by atoms with Gasteiger partial charge >= 0.3 is 0 Å². The topological polar surface area (TPSA) is 61.4 Å². The molecule has 154 valence electrons. The lowest BCUT2D eigenvalue weighted by Gasteiger charge is -2.19. The zero-order chi connectivity index (χ0) is 21.1. The van der Waals surface area contributed by atoms with E-state index >= 15 is 0 Å². The lowest BCUT2D eigenvalue weighted by Crippen LogP contribution is -2.29. The van der Waals surface area contributed by atoms with Crippen molar-refractivity contribution in [3.63, 3.8) is 0 Å². The molecule has 0 spiro atoms. The summed E-state index contributed by atoms with van der Waals surface area (Å²) in [6.45, 7) is 3.61. The number of carbonyl (C=O) groups excluding carboxylic acids is 2. The van der Waals surface area contributed by atoms with E-state index in [1.54, 1.807) is 6.92 Å². The van der Waals surface area contributed by atoms with Crippen LogP contribution >= 0.6 is 11.3 Å². The van der Waals surface area contributed by atoms with Crippen molar-refractivity contribution in [3.8, 4) is 10.4 Å². The number of anilines is 2. The number of hydrogen-bond donors (Lipinski definition) is 2. The summed E-state index contributed by atoms with van der Waals surface area (Å²) in [5, 5.41) is 6.31. The Labute approximate surface area is 180 Å². The predicted octanol–water partition coefficient (Wildman–Crippen LogP) is 4.67. The second-order valence-corrected chi connectivity index (χ2v) is 8.60. The summed E-state index contributed by atoms with van der Waals surface area (Å²) in [4.78, 5) is 28.1. The van der Waals surface area contributed by atoms with Crippen molar-refractivity contribution in [2.75, 3.05) is 30.4 Å². The maximum atomic E-state index is 12.7. The molecule has 1 atom stereocenters. The molecule has 0 aliphatic carbocycles. The highest BCUT2D eigenvalue weighted by molar-refractivity contribution is 7.17. The highest BCUT2D eigenvalue weighted by atomic mass is 32.1. The number of nitrogens with zero attached hydrogens (tertiary/aromatic N) is 1. The van der Waals surface area contributed by atoms with Crippen molar-refractivity contribution in [1.29, 1.82) is 0 Å². The van der Waals surface area contributed by atoms with Gasteiger partial charge in [-0.1, -0.05) is 24.3 Å². The number of benzene rings is 2. The lowest BCUT2D eigenvalue weighted by atomic mass is 10.1. The fourth-order valence-electron chi connectivity index (χ4n) is 3.66. The van der Waals surface area contributed by atoms with E-state index < -0.39 is 0 Å². The minimum Gasteiger partial charge on any atom is -0.370 e. The van der Waals surface area contributed by atoms with Gasteiger partial charge in [0, 0.05) is 40.9 Å². The van der Waals surface area contributed by atoms with Crippen molar-refractivity contribution in [2.45, 2.75) is 19.4 Å². The molecular weight excluding hydrogens is 394 g/mol. The van der Waals surface area contributed by atoms with E-state index in [1.165, 1.54) is 17.0 Å². The number of amides is 1. The van der Waals surface area contributed by atoms with Gasteiger partial charge in [0.1, 0.15) is 0 Å². The molecule has 2 N–H and O–H groups in total. The van der Waals surface area contributed by atoms with Crippen molar-refractivity contribution in [2.24, 2.45) is 0 Å². The zero-order valence-electron chi connectivity index (χ0n) is 17.1. The fourth-order valence-corrected chi connectivity index (χ4v) is 4.57. The molecule has 1 saturated heterocycles. The molecule has 0 radical (unpaired) electrons. The average molecular weight is 420 g/mol. The molecule has 3 aromatic rings. The molecule has 1 aliphatic heterocycles. The lowest BCUT2D eigenvalue weighted by molar-refractivity contribution is 0.101. The van der Waals surface area contributed by atoms with Crippen molar-refractivity contribution < 1.29 is 9.59 Å². The van der Waals surface area contributed by atoms with Crippen LogP contribution in [-0.4, -0.2) is 37.9 Å². The third-order valence-electron chi connectivity index (χ3n) is 5.49. The fraction of sp³-hybridized carbons (Fsp3) is 0.250. The molecule has 6 heteroatoms. The Bertz CT molecular complexity index is 1040. The van der Waals surface area contributed by atoms with Crippen LogP contribution < -0.4 is 15.5 Å². The number of rotatable bonds is 6. The summed E-state index contributed by atoms with van der Waals surface area (Å²) in [6.07, 6.45) is 1.15.